The summed E-state index contributed by atoms with van der Waals surface area (Å²) in [7, 11) is 1.22. The van der Waals surface area contributed by atoms with Crippen LogP contribution in [0.2, 0.25) is 0 Å². The van der Waals surface area contributed by atoms with Crippen molar-refractivity contribution >= 4 is 29.6 Å². The Labute approximate surface area is 102 Å². The van der Waals surface area contributed by atoms with Crippen LogP contribution in [0.3, 0.4) is 0 Å². The second kappa shape index (κ2) is 3.76. The highest BCUT2D eigenvalue weighted by Crippen LogP contribution is 2.52. The Kier molecular flexibility index (Phi) is 2.65. The molecule has 17 heavy (non-hydrogen) atoms. The number of fused-ring (bicyclic) bond motifs is 1. The number of rotatable bonds is 2. The van der Waals surface area contributed by atoms with E-state index in [4.69, 9.17) is 0 Å². The minimum atomic E-state index is -1.45. The van der Waals surface area contributed by atoms with E-state index in [-0.39, 0.29) is 11.3 Å². The Balaban J connectivity index is 2.40. The predicted octanol–water partition coefficient (Wildman–Crippen LogP) is 0.192. The van der Waals surface area contributed by atoms with Crippen molar-refractivity contribution in [2.24, 2.45) is 0 Å². The van der Waals surface area contributed by atoms with E-state index in [0.29, 0.717) is 11.3 Å². The number of carboxylic acid groups (broad SMARTS) is 1. The highest BCUT2D eigenvalue weighted by molar-refractivity contribution is 8.04. The first kappa shape index (κ1) is 12.0. The van der Waals surface area contributed by atoms with Crippen LogP contribution in [0.15, 0.2) is 11.0 Å². The number of ether oxygens (including phenoxy) is 1. The number of esters is 1. The van der Waals surface area contributed by atoms with E-state index in [1.54, 1.807) is 0 Å². The number of hydrogen-bond donors (Lipinski definition) is 1. The molecule has 7 heteroatoms. The summed E-state index contributed by atoms with van der Waals surface area (Å²) in [5.41, 5.74) is -1.45. The molecular weight excluding hydrogens is 246 g/mol. The number of carbonyl (C=O) groups is 3. The van der Waals surface area contributed by atoms with Gasteiger partial charge in [0.25, 0.3) is 0 Å². The van der Waals surface area contributed by atoms with Crippen LogP contribution in [0.5, 0.6) is 0 Å². The Hall–Kier alpha value is -1.50. The number of amides is 1. The van der Waals surface area contributed by atoms with E-state index < -0.39 is 17.5 Å². The van der Waals surface area contributed by atoms with Crippen LogP contribution in [-0.4, -0.2) is 45.9 Å². The average molecular weight is 257 g/mol. The van der Waals surface area contributed by atoms with Crippen molar-refractivity contribution in [3.8, 4) is 0 Å². The van der Waals surface area contributed by atoms with Gasteiger partial charge in [0.15, 0.2) is 5.54 Å². The lowest BCUT2D eigenvalue weighted by molar-refractivity contribution is -0.161. The molecule has 92 valence electrons. The Bertz CT molecular complexity index is 446. The molecule has 0 aromatic carbocycles. The smallest absolute Gasteiger partial charge is 0.334 e. The van der Waals surface area contributed by atoms with E-state index in [2.05, 4.69) is 4.74 Å². The molecule has 2 atom stereocenters. The van der Waals surface area contributed by atoms with Gasteiger partial charge in [-0.3, -0.25) is 4.79 Å². The lowest BCUT2D eigenvalue weighted by atomic mass is 9.94. The highest BCUT2D eigenvalue weighted by Gasteiger charge is 2.60. The summed E-state index contributed by atoms with van der Waals surface area (Å²) in [4.78, 5) is 35.6. The molecule has 2 aliphatic heterocycles. The van der Waals surface area contributed by atoms with Gasteiger partial charge in [-0.25, -0.2) is 9.59 Å². The zero-order valence-corrected chi connectivity index (χ0v) is 10.1. The summed E-state index contributed by atoms with van der Waals surface area (Å²) in [5, 5.41) is 9.09. The quantitative estimate of drug-likeness (QED) is 0.432. The number of hydrogen-bond acceptors (Lipinski definition) is 5. The van der Waals surface area contributed by atoms with Crippen LogP contribution in [0, 0.1) is 0 Å². The molecule has 0 radical (unpaired) electrons. The average Bonchev–Trinajstić information content (AvgIpc) is 2.47. The molecule has 1 amide bonds. The molecule has 2 aliphatic rings. The number of aliphatic carboxylic acids is 1. The van der Waals surface area contributed by atoms with E-state index in [1.807, 2.05) is 0 Å². The van der Waals surface area contributed by atoms with E-state index in [9.17, 15) is 19.5 Å². The van der Waals surface area contributed by atoms with Crippen molar-refractivity contribution in [1.82, 2.24) is 4.90 Å². The predicted molar refractivity (Wildman–Crippen MR) is 59.0 cm³/mol. The fourth-order valence-electron chi connectivity index (χ4n) is 1.95. The summed E-state index contributed by atoms with van der Waals surface area (Å²) >= 11 is 1.23. The van der Waals surface area contributed by atoms with Gasteiger partial charge in [0.2, 0.25) is 5.91 Å². The number of thioether (sulfide) groups is 1. The molecule has 2 saturated heterocycles. The fraction of sp³-hybridized carbons (Fsp3) is 0.500. The molecule has 0 bridgehead atoms. The van der Waals surface area contributed by atoms with Crippen molar-refractivity contribution in [3.05, 3.63) is 11.0 Å². The normalized spacial score (nSPS) is 33.3. The molecule has 2 rings (SSSR count). The van der Waals surface area contributed by atoms with Gasteiger partial charge in [-0.1, -0.05) is 0 Å². The molecule has 0 aromatic rings. The van der Waals surface area contributed by atoms with Gasteiger partial charge in [0.05, 0.1) is 18.9 Å². The van der Waals surface area contributed by atoms with Gasteiger partial charge in [-0.2, -0.15) is 0 Å². The third-order valence-electron chi connectivity index (χ3n) is 3.00. The molecule has 0 unspecified atom stereocenters. The van der Waals surface area contributed by atoms with Crippen LogP contribution in [0.4, 0.5) is 0 Å². The van der Waals surface area contributed by atoms with Gasteiger partial charge in [0, 0.05) is 11.0 Å². The van der Waals surface area contributed by atoms with Gasteiger partial charge >= 0.3 is 11.9 Å². The summed E-state index contributed by atoms with van der Waals surface area (Å²) in [6.45, 7) is 1.42. The molecule has 2 fully saturated rings. The second-order valence-electron chi connectivity index (χ2n) is 3.95. The maximum Gasteiger partial charge on any atom is 0.334 e. The molecule has 0 aliphatic carbocycles. The molecule has 6 nitrogen and oxygen atoms in total. The third-order valence-corrected chi connectivity index (χ3v) is 4.42. The minimum absolute atomic E-state index is 0.181. The van der Waals surface area contributed by atoms with Crippen molar-refractivity contribution in [1.29, 1.82) is 0 Å². The zero-order chi connectivity index (χ0) is 12.8. The minimum Gasteiger partial charge on any atom is -0.479 e. The van der Waals surface area contributed by atoms with Gasteiger partial charge < -0.3 is 14.7 Å². The summed E-state index contributed by atoms with van der Waals surface area (Å²) in [6, 6.07) is 0. The highest BCUT2D eigenvalue weighted by atomic mass is 32.2. The summed E-state index contributed by atoms with van der Waals surface area (Å²) in [5.74, 6) is -1.97. The molecule has 0 saturated carbocycles. The number of carbonyl (C=O) groups excluding carboxylic acids is 2. The molecule has 2 heterocycles. The first-order chi connectivity index (χ1) is 7.91. The fourth-order valence-corrected chi connectivity index (χ4v) is 3.48. The van der Waals surface area contributed by atoms with Gasteiger partial charge in [0.1, 0.15) is 0 Å². The lowest BCUT2D eigenvalue weighted by Gasteiger charge is -2.41. The SMILES string of the molecule is COC(=O)C=C1S[C@@H]2CC(=O)N2[C@]1(C)C(=O)O. The number of nitrogens with zero attached hydrogens (tertiary/aromatic N) is 1. The first-order valence-corrected chi connectivity index (χ1v) is 5.81. The van der Waals surface area contributed by atoms with E-state index in [1.165, 1.54) is 30.7 Å². The van der Waals surface area contributed by atoms with Gasteiger partial charge in [-0.05, 0) is 6.92 Å². The third kappa shape index (κ3) is 1.53. The van der Waals surface area contributed by atoms with Crippen molar-refractivity contribution in [3.63, 3.8) is 0 Å². The van der Waals surface area contributed by atoms with Crippen LogP contribution < -0.4 is 0 Å². The van der Waals surface area contributed by atoms with E-state index >= 15 is 0 Å². The van der Waals surface area contributed by atoms with Crippen molar-refractivity contribution < 1.29 is 24.2 Å². The number of β-lactam (4-membered cyclic amide) rings is 1. The lowest BCUT2D eigenvalue weighted by Crippen LogP contribution is -2.60. The Morgan fingerprint density at radius 2 is 2.29 bits per heavy atom. The van der Waals surface area contributed by atoms with Gasteiger partial charge in [-0.15, -0.1) is 11.8 Å². The molecule has 0 spiro atoms. The summed E-state index contributed by atoms with van der Waals surface area (Å²) < 4.78 is 4.48. The Morgan fingerprint density at radius 3 is 2.76 bits per heavy atom. The van der Waals surface area contributed by atoms with Crippen LogP contribution >= 0.6 is 11.8 Å². The topological polar surface area (TPSA) is 83.9 Å². The van der Waals surface area contributed by atoms with Crippen LogP contribution in [0.1, 0.15) is 13.3 Å². The number of methoxy groups -OCH3 is 1. The largest absolute Gasteiger partial charge is 0.479 e. The maximum atomic E-state index is 11.4. The van der Waals surface area contributed by atoms with Crippen molar-refractivity contribution in [2.45, 2.75) is 24.3 Å². The van der Waals surface area contributed by atoms with E-state index in [0.717, 1.165) is 6.08 Å². The molecular formula is C10H11NO5S. The standard InChI is InChI=1S/C10H11NO5S/c1-10(9(14)15)5(3-8(13)16-2)17-7-4-6(12)11(7)10/h3,7H,4H2,1-2H3,(H,14,15)/t7-,10+/m1/s1. The van der Waals surface area contributed by atoms with Crippen molar-refractivity contribution in [2.75, 3.05) is 7.11 Å². The number of carboxylic acids is 1. The first-order valence-electron chi connectivity index (χ1n) is 4.93. The maximum absolute atomic E-state index is 11.4. The summed E-state index contributed by atoms with van der Waals surface area (Å²) in [6.07, 6.45) is 1.45. The monoisotopic (exact) mass is 257 g/mol. The molecule has 0 aromatic heterocycles. The second-order valence-corrected chi connectivity index (χ2v) is 5.17. The zero-order valence-electron chi connectivity index (χ0n) is 9.30. The Morgan fingerprint density at radius 1 is 1.65 bits per heavy atom. The van der Waals surface area contributed by atoms with Crippen LogP contribution in [-0.2, 0) is 19.1 Å². The van der Waals surface area contributed by atoms with Crippen LogP contribution in [0.25, 0.3) is 0 Å². The molecule has 1 N–H and O–H groups in total.